The number of thioether (sulfide) groups is 1. The van der Waals surface area contributed by atoms with Crippen LogP contribution in [0.3, 0.4) is 0 Å². The molecule has 0 saturated carbocycles. The highest BCUT2D eigenvalue weighted by Crippen LogP contribution is 2.29. The smallest absolute Gasteiger partial charge is 0.234 e. The number of nitrogen functional groups attached to an aromatic ring is 1. The van der Waals surface area contributed by atoms with Crippen molar-refractivity contribution in [2.24, 2.45) is 0 Å². The zero-order valence-electron chi connectivity index (χ0n) is 11.4. The number of halogens is 1. The lowest BCUT2D eigenvalue weighted by Crippen LogP contribution is -2.14. The highest BCUT2D eigenvalue weighted by atomic mass is 79.9. The third kappa shape index (κ3) is 4.41. The highest BCUT2D eigenvalue weighted by molar-refractivity contribution is 9.10. The summed E-state index contributed by atoms with van der Waals surface area (Å²) in [5.41, 5.74) is 7.04. The SMILES string of the molecule is COc1ccccc1NC(=O)CSc1ccc(N)cc1Br. The Hall–Kier alpha value is -1.66. The van der Waals surface area contributed by atoms with Gasteiger partial charge in [-0.2, -0.15) is 0 Å². The van der Waals surface area contributed by atoms with Gasteiger partial charge < -0.3 is 15.8 Å². The Morgan fingerprint density at radius 1 is 1.33 bits per heavy atom. The minimum absolute atomic E-state index is 0.0896. The predicted octanol–water partition coefficient (Wildman–Crippen LogP) is 3.77. The first-order chi connectivity index (χ1) is 10.1. The van der Waals surface area contributed by atoms with E-state index in [0.717, 1.165) is 9.37 Å². The fourth-order valence-corrected chi connectivity index (χ4v) is 3.17. The number of hydrogen-bond acceptors (Lipinski definition) is 4. The van der Waals surface area contributed by atoms with Crippen LogP contribution in [-0.2, 0) is 4.79 Å². The Balaban J connectivity index is 1.96. The van der Waals surface area contributed by atoms with E-state index in [-0.39, 0.29) is 5.91 Å². The van der Waals surface area contributed by atoms with Crippen molar-refractivity contribution in [2.75, 3.05) is 23.9 Å². The summed E-state index contributed by atoms with van der Waals surface area (Å²) in [6.07, 6.45) is 0. The maximum atomic E-state index is 12.0. The third-order valence-corrected chi connectivity index (χ3v) is 4.69. The van der Waals surface area contributed by atoms with Gasteiger partial charge in [0.2, 0.25) is 5.91 Å². The fourth-order valence-electron chi connectivity index (χ4n) is 1.71. The second-order valence-electron chi connectivity index (χ2n) is 4.23. The molecule has 1 amide bonds. The monoisotopic (exact) mass is 366 g/mol. The first kappa shape index (κ1) is 15.7. The van der Waals surface area contributed by atoms with E-state index in [1.54, 1.807) is 19.2 Å². The lowest BCUT2D eigenvalue weighted by molar-refractivity contribution is -0.113. The molecule has 2 aromatic carbocycles. The molecule has 2 aromatic rings. The molecule has 0 spiro atoms. The Morgan fingerprint density at radius 2 is 2.10 bits per heavy atom. The van der Waals surface area contributed by atoms with Crippen molar-refractivity contribution < 1.29 is 9.53 Å². The number of nitrogens with two attached hydrogens (primary N) is 1. The third-order valence-electron chi connectivity index (χ3n) is 2.70. The van der Waals surface area contributed by atoms with Gasteiger partial charge in [-0.25, -0.2) is 0 Å². The van der Waals surface area contributed by atoms with Gasteiger partial charge in [-0.15, -0.1) is 11.8 Å². The van der Waals surface area contributed by atoms with Crippen molar-refractivity contribution in [3.8, 4) is 5.75 Å². The van der Waals surface area contributed by atoms with Crippen LogP contribution in [0.25, 0.3) is 0 Å². The molecule has 0 aliphatic carbocycles. The van der Waals surface area contributed by atoms with Gasteiger partial charge in [0.15, 0.2) is 0 Å². The van der Waals surface area contributed by atoms with Gasteiger partial charge in [0.1, 0.15) is 5.75 Å². The summed E-state index contributed by atoms with van der Waals surface area (Å²) in [6, 6.07) is 12.8. The molecule has 0 saturated heterocycles. The lowest BCUT2D eigenvalue weighted by Gasteiger charge is -2.10. The average molecular weight is 367 g/mol. The molecule has 0 radical (unpaired) electrons. The molecular weight excluding hydrogens is 352 g/mol. The summed E-state index contributed by atoms with van der Waals surface area (Å²) < 4.78 is 6.09. The number of rotatable bonds is 5. The summed E-state index contributed by atoms with van der Waals surface area (Å²) in [4.78, 5) is 13.0. The molecule has 110 valence electrons. The number of amides is 1. The first-order valence-corrected chi connectivity index (χ1v) is 7.98. The van der Waals surface area contributed by atoms with Gasteiger partial charge in [-0.05, 0) is 46.3 Å². The Labute approximate surface area is 136 Å². The number of anilines is 2. The summed E-state index contributed by atoms with van der Waals surface area (Å²) in [5, 5.41) is 2.84. The summed E-state index contributed by atoms with van der Waals surface area (Å²) in [5.74, 6) is 0.860. The van der Waals surface area contributed by atoms with Crippen LogP contribution in [0, 0.1) is 0 Å². The summed E-state index contributed by atoms with van der Waals surface area (Å²) >= 11 is 4.88. The molecular formula is C15H15BrN2O2S. The van der Waals surface area contributed by atoms with Gasteiger partial charge in [0.25, 0.3) is 0 Å². The second kappa shape index (κ2) is 7.38. The first-order valence-electron chi connectivity index (χ1n) is 6.21. The Morgan fingerprint density at radius 3 is 2.81 bits per heavy atom. The molecule has 0 aliphatic heterocycles. The Kier molecular flexibility index (Phi) is 5.52. The van der Waals surface area contributed by atoms with Crippen LogP contribution in [0.4, 0.5) is 11.4 Å². The molecule has 3 N–H and O–H groups in total. The van der Waals surface area contributed by atoms with Crippen molar-refractivity contribution in [3.63, 3.8) is 0 Å². The van der Waals surface area contributed by atoms with Crippen LogP contribution in [-0.4, -0.2) is 18.8 Å². The molecule has 0 bridgehead atoms. The van der Waals surface area contributed by atoms with E-state index in [1.807, 2.05) is 30.3 Å². The predicted molar refractivity (Wildman–Crippen MR) is 90.9 cm³/mol. The van der Waals surface area contributed by atoms with Gasteiger partial charge in [0, 0.05) is 15.1 Å². The normalized spacial score (nSPS) is 10.2. The lowest BCUT2D eigenvalue weighted by atomic mass is 10.3. The van der Waals surface area contributed by atoms with Crippen LogP contribution in [0.2, 0.25) is 0 Å². The summed E-state index contributed by atoms with van der Waals surface area (Å²) in [7, 11) is 1.57. The van der Waals surface area contributed by atoms with E-state index in [0.29, 0.717) is 22.9 Å². The number of para-hydroxylation sites is 2. The zero-order valence-corrected chi connectivity index (χ0v) is 13.8. The van der Waals surface area contributed by atoms with Crippen molar-refractivity contribution in [3.05, 3.63) is 46.9 Å². The van der Waals surface area contributed by atoms with Crippen LogP contribution < -0.4 is 15.8 Å². The number of benzene rings is 2. The van der Waals surface area contributed by atoms with E-state index in [9.17, 15) is 4.79 Å². The van der Waals surface area contributed by atoms with E-state index >= 15 is 0 Å². The minimum Gasteiger partial charge on any atom is -0.495 e. The van der Waals surface area contributed by atoms with Crippen LogP contribution in [0.5, 0.6) is 5.75 Å². The van der Waals surface area contributed by atoms with Crippen molar-refractivity contribution in [2.45, 2.75) is 4.90 Å². The van der Waals surface area contributed by atoms with Gasteiger partial charge in [-0.3, -0.25) is 4.79 Å². The van der Waals surface area contributed by atoms with E-state index in [1.165, 1.54) is 11.8 Å². The van der Waals surface area contributed by atoms with Crippen LogP contribution in [0.1, 0.15) is 0 Å². The van der Waals surface area contributed by atoms with E-state index < -0.39 is 0 Å². The number of nitrogens with one attached hydrogen (secondary N) is 1. The largest absolute Gasteiger partial charge is 0.495 e. The maximum absolute atomic E-state index is 12.0. The van der Waals surface area contributed by atoms with E-state index in [2.05, 4.69) is 21.2 Å². The molecule has 0 atom stereocenters. The van der Waals surface area contributed by atoms with Crippen LogP contribution >= 0.6 is 27.7 Å². The molecule has 0 unspecified atom stereocenters. The zero-order chi connectivity index (χ0) is 15.2. The fraction of sp³-hybridized carbons (Fsp3) is 0.133. The van der Waals surface area contributed by atoms with Crippen LogP contribution in [0.15, 0.2) is 51.8 Å². The number of carbonyl (C=O) groups excluding carboxylic acids is 1. The Bertz CT molecular complexity index is 649. The van der Waals surface area contributed by atoms with E-state index in [4.69, 9.17) is 10.5 Å². The molecule has 0 aliphatic rings. The number of ether oxygens (including phenoxy) is 1. The van der Waals surface area contributed by atoms with Crippen molar-refractivity contribution in [1.82, 2.24) is 0 Å². The second-order valence-corrected chi connectivity index (χ2v) is 6.10. The quantitative estimate of drug-likeness (QED) is 0.624. The molecule has 0 fully saturated rings. The van der Waals surface area contributed by atoms with Gasteiger partial charge in [0.05, 0.1) is 18.6 Å². The maximum Gasteiger partial charge on any atom is 0.234 e. The minimum atomic E-state index is -0.0896. The van der Waals surface area contributed by atoms with Crippen molar-refractivity contribution in [1.29, 1.82) is 0 Å². The summed E-state index contributed by atoms with van der Waals surface area (Å²) in [6.45, 7) is 0. The molecule has 2 rings (SSSR count). The number of carbonyl (C=O) groups is 1. The average Bonchev–Trinajstić information content (AvgIpc) is 2.47. The number of hydrogen-bond donors (Lipinski definition) is 2. The topological polar surface area (TPSA) is 64.3 Å². The number of methoxy groups -OCH3 is 1. The van der Waals surface area contributed by atoms with Gasteiger partial charge >= 0.3 is 0 Å². The molecule has 21 heavy (non-hydrogen) atoms. The van der Waals surface area contributed by atoms with Gasteiger partial charge in [-0.1, -0.05) is 12.1 Å². The standard InChI is InChI=1S/C15H15BrN2O2S/c1-20-13-5-3-2-4-12(13)18-15(19)9-21-14-7-6-10(17)8-11(14)16/h2-8H,9,17H2,1H3,(H,18,19). The molecule has 0 aromatic heterocycles. The molecule has 6 heteroatoms. The highest BCUT2D eigenvalue weighted by Gasteiger charge is 2.09. The molecule has 0 heterocycles. The molecule has 4 nitrogen and oxygen atoms in total. The van der Waals surface area contributed by atoms with Crippen molar-refractivity contribution >= 4 is 45.0 Å².